The first-order valence-electron chi connectivity index (χ1n) is 20.6. The van der Waals surface area contributed by atoms with Gasteiger partial charge in [-0.2, -0.15) is 21.0 Å². The molecule has 0 N–H and O–H groups in total. The molecule has 0 saturated heterocycles. The molecular weight excluding hydrogens is 933 g/mol. The Labute approximate surface area is 399 Å². The van der Waals surface area contributed by atoms with E-state index in [1.165, 1.54) is 79.6 Å². The number of carbonyl (C=O) groups is 6. The molecule has 0 amide bonds. The summed E-state index contributed by atoms with van der Waals surface area (Å²) in [6.07, 6.45) is 1.24. The van der Waals surface area contributed by atoms with E-state index in [0.717, 1.165) is 0 Å². The van der Waals surface area contributed by atoms with Gasteiger partial charge in [0.05, 0.1) is 74.3 Å². The van der Waals surface area contributed by atoms with Crippen LogP contribution in [0.3, 0.4) is 0 Å². The van der Waals surface area contributed by atoms with E-state index in [9.17, 15) is 49.8 Å². The lowest BCUT2D eigenvalue weighted by molar-refractivity contribution is 0.0975. The molecule has 2 aliphatic carbocycles. The number of ether oxygens (including phenoxy) is 2. The summed E-state index contributed by atoms with van der Waals surface area (Å²) in [7, 11) is 0. The lowest BCUT2D eigenvalue weighted by atomic mass is 10.0. The van der Waals surface area contributed by atoms with E-state index in [-0.39, 0.29) is 68.9 Å². The molecule has 14 nitrogen and oxygen atoms in total. The maximum atomic E-state index is 14.5. The van der Waals surface area contributed by atoms with Crippen LogP contribution in [-0.2, 0) is 22.7 Å². The zero-order valence-corrected chi connectivity index (χ0v) is 37.4. The van der Waals surface area contributed by atoms with Crippen molar-refractivity contribution in [3.63, 3.8) is 0 Å². The fourth-order valence-electron chi connectivity index (χ4n) is 8.58. The van der Waals surface area contributed by atoms with Gasteiger partial charge in [0.2, 0.25) is 0 Å². The van der Waals surface area contributed by atoms with Crippen molar-refractivity contribution in [1.29, 1.82) is 21.0 Å². The number of ketones is 4. The quantitative estimate of drug-likeness (QED) is 0.112. The number of nitriles is 4. The summed E-state index contributed by atoms with van der Waals surface area (Å²) in [5, 5.41) is 38.3. The summed E-state index contributed by atoms with van der Waals surface area (Å²) in [4.78, 5) is 84.7. The zero-order valence-electron chi connectivity index (χ0n) is 35.0. The Bertz CT molecular complexity index is 3760. The van der Waals surface area contributed by atoms with Gasteiger partial charge in [0.15, 0.2) is 23.1 Å². The highest BCUT2D eigenvalue weighted by Gasteiger charge is 2.37. The second kappa shape index (κ2) is 16.2. The molecule has 326 valence electrons. The highest BCUT2D eigenvalue weighted by Crippen LogP contribution is 2.50. The number of carbonyl (C=O) groups excluding carboxylic acids is 6. The number of hydrogen-bond acceptors (Lipinski definition) is 15. The van der Waals surface area contributed by atoms with Crippen molar-refractivity contribution < 1.29 is 38.2 Å². The van der Waals surface area contributed by atoms with Crippen molar-refractivity contribution in [2.45, 2.75) is 13.2 Å². The maximum Gasteiger partial charge on any atom is 0.419 e. The van der Waals surface area contributed by atoms with Crippen LogP contribution >= 0.6 is 34.0 Å². The van der Waals surface area contributed by atoms with Crippen LogP contribution in [0.5, 0.6) is 0 Å². The summed E-state index contributed by atoms with van der Waals surface area (Å²) in [5.74, 6) is -2.49. The summed E-state index contributed by atoms with van der Waals surface area (Å²) < 4.78 is 16.8. The minimum Gasteiger partial charge on any atom is -0.444 e. The van der Waals surface area contributed by atoms with Gasteiger partial charge in [0, 0.05) is 32.0 Å². The number of thiophene rings is 3. The van der Waals surface area contributed by atoms with Crippen LogP contribution in [0.4, 0.5) is 9.59 Å². The highest BCUT2D eigenvalue weighted by atomic mass is 32.1. The molecule has 2 aliphatic rings. The largest absolute Gasteiger partial charge is 0.444 e. The van der Waals surface area contributed by atoms with Gasteiger partial charge >= 0.3 is 12.2 Å². The smallest absolute Gasteiger partial charge is 0.419 e. The Kier molecular flexibility index (Phi) is 9.93. The van der Waals surface area contributed by atoms with Gasteiger partial charge in [0.25, 0.3) is 0 Å². The number of nitrogens with zero attached hydrogens (tertiary/aromatic N) is 6. The number of hydrogen-bond donors (Lipinski definition) is 0. The van der Waals surface area contributed by atoms with E-state index >= 15 is 0 Å². The van der Waals surface area contributed by atoms with E-state index < -0.39 is 35.3 Å². The predicted molar refractivity (Wildman–Crippen MR) is 255 cm³/mol. The normalized spacial score (nSPS) is 12.9. The summed E-state index contributed by atoms with van der Waals surface area (Å²) in [6, 6.07) is 33.9. The molecule has 0 fully saturated rings. The maximum absolute atomic E-state index is 14.5. The third-order valence-corrected chi connectivity index (χ3v) is 15.4. The molecule has 0 atom stereocenters. The van der Waals surface area contributed by atoms with Gasteiger partial charge in [0.1, 0.15) is 37.5 Å². The Hall–Kier alpha value is -9.36. The third-order valence-electron chi connectivity index (χ3n) is 11.8. The molecule has 5 aromatic heterocycles. The van der Waals surface area contributed by atoms with Crippen molar-refractivity contribution >= 4 is 122 Å². The molecule has 0 unspecified atom stereocenters. The molecule has 5 heterocycles. The van der Waals surface area contributed by atoms with Crippen molar-refractivity contribution in [2.75, 3.05) is 0 Å². The van der Waals surface area contributed by atoms with Gasteiger partial charge in [-0.1, -0.05) is 60.7 Å². The third kappa shape index (κ3) is 6.61. The van der Waals surface area contributed by atoms with Crippen molar-refractivity contribution in [1.82, 2.24) is 9.13 Å². The topological polar surface area (TPSA) is 226 Å². The molecule has 9 aromatic rings. The van der Waals surface area contributed by atoms with Crippen molar-refractivity contribution in [3.05, 3.63) is 174 Å². The van der Waals surface area contributed by atoms with Crippen LogP contribution in [0.25, 0.3) is 53.0 Å². The van der Waals surface area contributed by atoms with E-state index in [1.807, 2.05) is 36.4 Å². The fraction of sp³-hybridized carbons (Fsp3) is 0.0385. The zero-order chi connectivity index (χ0) is 47.8. The molecule has 0 aliphatic heterocycles. The number of aromatic nitrogens is 2. The lowest BCUT2D eigenvalue weighted by Gasteiger charge is -2.10. The second-order valence-corrected chi connectivity index (χ2v) is 18.9. The van der Waals surface area contributed by atoms with Gasteiger partial charge in [-0.3, -0.25) is 19.2 Å². The lowest BCUT2D eigenvalue weighted by Crippen LogP contribution is -2.16. The standard InChI is InChI=1S/C52H22N6O8S3/c53-19-27-11-33-34(12-28(27)20-54)44(60)37(43(33)59)15-31-17-39-47(67-31)49-41(57(39)51(63)65-23-25-7-3-1-4-8-25)42-50(69-49)48-40(58(42)52(64)66-24-26-9-5-2-6-10-26)18-32(68-48)16-38-45(61)35-13-29(21-55)30(22-56)14-36(35)46(38)62/h1-18H,23-24H2. The first-order valence-corrected chi connectivity index (χ1v) is 23.0. The van der Waals surface area contributed by atoms with Gasteiger partial charge < -0.3 is 9.47 Å². The van der Waals surface area contributed by atoms with E-state index in [1.54, 1.807) is 60.7 Å². The molecule has 0 bridgehead atoms. The highest BCUT2D eigenvalue weighted by molar-refractivity contribution is 7.34. The van der Waals surface area contributed by atoms with Crippen LogP contribution in [0.1, 0.15) is 84.6 Å². The van der Waals surface area contributed by atoms with Crippen molar-refractivity contribution in [2.24, 2.45) is 0 Å². The van der Waals surface area contributed by atoms with E-state index in [0.29, 0.717) is 61.7 Å². The fourth-order valence-corrected chi connectivity index (χ4v) is 12.3. The average Bonchev–Trinajstić information content (AvgIpc) is 4.23. The van der Waals surface area contributed by atoms with Crippen LogP contribution in [0.2, 0.25) is 0 Å². The van der Waals surface area contributed by atoms with Crippen molar-refractivity contribution in [3.8, 4) is 24.3 Å². The summed E-state index contributed by atoms with van der Waals surface area (Å²) in [5.41, 5.74) is 2.26. The minimum atomic E-state index is -0.792. The minimum absolute atomic E-state index is 0.00228. The number of benzene rings is 4. The first-order chi connectivity index (χ1) is 33.5. The Morgan fingerprint density at radius 2 is 0.812 bits per heavy atom. The number of allylic oxidation sites excluding steroid dienone is 2. The SMILES string of the molecule is N#Cc1cc2c(cc1C#N)C(=O)C(=Cc1cc3c(s1)c1sc4c5sc(C=C6C(=O)c7cc(C#N)c(C#N)cc7C6=O)cc5n(C(=O)OCc5ccccc5)c4c1n3C(=O)OCc1ccccc1)C2=O. The number of rotatable bonds is 6. The average molecular weight is 955 g/mol. The van der Waals surface area contributed by atoms with Crippen LogP contribution < -0.4 is 0 Å². The molecule has 0 radical (unpaired) electrons. The van der Waals surface area contributed by atoms with Crippen LogP contribution in [-0.4, -0.2) is 44.5 Å². The Balaban J connectivity index is 1.09. The molecule has 17 heteroatoms. The molecule has 0 spiro atoms. The molecule has 11 rings (SSSR count). The van der Waals surface area contributed by atoms with E-state index in [4.69, 9.17) is 9.47 Å². The first kappa shape index (κ1) is 42.3. The predicted octanol–water partition coefficient (Wildman–Crippen LogP) is 10.9. The number of Topliss-reactive ketones (excluding diaryl/α,β-unsaturated/α-hetero) is 4. The van der Waals surface area contributed by atoms with Gasteiger partial charge in [-0.15, -0.1) is 34.0 Å². The molecule has 0 saturated carbocycles. The second-order valence-electron chi connectivity index (χ2n) is 15.7. The van der Waals surface area contributed by atoms with Crippen LogP contribution in [0.15, 0.2) is 108 Å². The molecule has 4 aromatic carbocycles. The summed E-state index contributed by atoms with van der Waals surface area (Å²) in [6.45, 7) is -0.202. The Morgan fingerprint density at radius 1 is 0.478 bits per heavy atom. The number of fused-ring (bicyclic) bond motifs is 9. The Morgan fingerprint density at radius 3 is 1.13 bits per heavy atom. The molecular formula is C52H22N6O8S3. The van der Waals surface area contributed by atoms with Gasteiger partial charge in [-0.25, -0.2) is 18.7 Å². The summed E-state index contributed by atoms with van der Waals surface area (Å²) >= 11 is 3.64. The van der Waals surface area contributed by atoms with Crippen LogP contribution in [0, 0.1) is 45.3 Å². The van der Waals surface area contributed by atoms with E-state index in [2.05, 4.69) is 0 Å². The molecule has 69 heavy (non-hydrogen) atoms. The monoisotopic (exact) mass is 954 g/mol. The van der Waals surface area contributed by atoms with Gasteiger partial charge in [-0.05, 0) is 59.7 Å².